The van der Waals surface area contributed by atoms with Crippen LogP contribution in [0.1, 0.15) is 10.4 Å². The number of methoxy groups -OCH3 is 1. The van der Waals surface area contributed by atoms with Crippen molar-refractivity contribution < 1.29 is 14.6 Å². The van der Waals surface area contributed by atoms with E-state index in [-0.39, 0.29) is 22.0 Å². The van der Waals surface area contributed by atoms with Gasteiger partial charge in [-0.2, -0.15) is 15.0 Å². The number of rotatable bonds is 4. The number of carboxylic acids is 1. The number of hydrogen-bond donors (Lipinski definition) is 1. The molecule has 0 aliphatic carbocycles. The van der Waals surface area contributed by atoms with E-state index in [1.807, 2.05) is 0 Å². The molecular formula is C10H7ClN4O3S. The smallest absolute Gasteiger partial charge is 0.335 e. The molecule has 0 atom stereocenters. The van der Waals surface area contributed by atoms with Gasteiger partial charge in [0.25, 0.3) is 0 Å². The van der Waals surface area contributed by atoms with Crippen molar-refractivity contribution in [1.29, 1.82) is 0 Å². The third kappa shape index (κ3) is 3.52. The highest BCUT2D eigenvalue weighted by atomic mass is 35.5. The summed E-state index contributed by atoms with van der Waals surface area (Å²) in [5.41, 5.74) is 0.129. The normalized spacial score (nSPS) is 10.2. The molecule has 0 amide bonds. The fourth-order valence-corrected chi connectivity index (χ4v) is 2.09. The number of ether oxygens (including phenoxy) is 1. The van der Waals surface area contributed by atoms with Crippen molar-refractivity contribution in [1.82, 2.24) is 19.9 Å². The molecule has 0 bridgehead atoms. The highest BCUT2D eigenvalue weighted by Crippen LogP contribution is 2.25. The van der Waals surface area contributed by atoms with Crippen molar-refractivity contribution in [2.45, 2.75) is 10.2 Å². The summed E-state index contributed by atoms with van der Waals surface area (Å²) in [6.07, 6.45) is 1.39. The van der Waals surface area contributed by atoms with E-state index in [1.54, 1.807) is 0 Å². The molecule has 2 rings (SSSR count). The molecule has 2 aromatic rings. The van der Waals surface area contributed by atoms with Crippen LogP contribution in [0.25, 0.3) is 0 Å². The summed E-state index contributed by atoms with van der Waals surface area (Å²) in [5, 5.41) is 9.58. The largest absolute Gasteiger partial charge is 0.478 e. The van der Waals surface area contributed by atoms with Gasteiger partial charge in [-0.1, -0.05) is 0 Å². The van der Waals surface area contributed by atoms with E-state index in [0.29, 0.717) is 5.03 Å². The molecule has 2 aromatic heterocycles. The summed E-state index contributed by atoms with van der Waals surface area (Å²) in [6, 6.07) is 2.89. The highest BCUT2D eigenvalue weighted by molar-refractivity contribution is 7.99. The Hall–Kier alpha value is -1.93. The Morgan fingerprint density at radius 2 is 2.21 bits per heavy atom. The van der Waals surface area contributed by atoms with Crippen molar-refractivity contribution in [2.75, 3.05) is 7.11 Å². The average Bonchev–Trinajstić information content (AvgIpc) is 2.38. The monoisotopic (exact) mass is 298 g/mol. The predicted octanol–water partition coefficient (Wildman–Crippen LogP) is 1.78. The molecular weight excluding hydrogens is 292 g/mol. The first kappa shape index (κ1) is 13.5. The minimum Gasteiger partial charge on any atom is -0.478 e. The van der Waals surface area contributed by atoms with Gasteiger partial charge in [0, 0.05) is 6.20 Å². The Balaban J connectivity index is 2.28. The van der Waals surface area contributed by atoms with Crippen LogP contribution in [-0.2, 0) is 0 Å². The maximum absolute atomic E-state index is 10.8. The second kappa shape index (κ2) is 5.81. The van der Waals surface area contributed by atoms with Gasteiger partial charge in [0.15, 0.2) is 0 Å². The molecule has 7 nitrogen and oxygen atoms in total. The summed E-state index contributed by atoms with van der Waals surface area (Å²) in [6.45, 7) is 0. The topological polar surface area (TPSA) is 98.1 Å². The fraction of sp³-hybridized carbons (Fsp3) is 0.100. The first-order valence-electron chi connectivity index (χ1n) is 4.91. The molecule has 9 heteroatoms. The number of aromatic nitrogens is 4. The van der Waals surface area contributed by atoms with E-state index >= 15 is 0 Å². The van der Waals surface area contributed by atoms with Crippen LogP contribution in [0.2, 0.25) is 5.28 Å². The van der Waals surface area contributed by atoms with Crippen LogP contribution >= 0.6 is 23.4 Å². The van der Waals surface area contributed by atoms with E-state index in [2.05, 4.69) is 19.9 Å². The van der Waals surface area contributed by atoms with Gasteiger partial charge in [-0.15, -0.1) is 0 Å². The Morgan fingerprint density at radius 3 is 2.89 bits per heavy atom. The zero-order valence-corrected chi connectivity index (χ0v) is 11.1. The summed E-state index contributed by atoms with van der Waals surface area (Å²) in [5.74, 6) is -1.03. The Kier molecular flexibility index (Phi) is 4.13. The molecule has 0 aliphatic rings. The van der Waals surface area contributed by atoms with Crippen molar-refractivity contribution in [3.63, 3.8) is 0 Å². The van der Waals surface area contributed by atoms with Gasteiger partial charge in [0.2, 0.25) is 10.4 Å². The summed E-state index contributed by atoms with van der Waals surface area (Å²) in [7, 11) is 1.41. The van der Waals surface area contributed by atoms with E-state index in [0.717, 1.165) is 11.8 Å². The number of nitrogens with zero attached hydrogens (tertiary/aromatic N) is 4. The molecule has 2 heterocycles. The van der Waals surface area contributed by atoms with Gasteiger partial charge < -0.3 is 9.84 Å². The average molecular weight is 299 g/mol. The lowest BCUT2D eigenvalue weighted by Crippen LogP contribution is -1.99. The zero-order chi connectivity index (χ0) is 13.8. The van der Waals surface area contributed by atoms with Gasteiger partial charge in [-0.3, -0.25) is 0 Å². The molecule has 19 heavy (non-hydrogen) atoms. The molecule has 0 saturated carbocycles. The van der Waals surface area contributed by atoms with Crippen LogP contribution in [0.4, 0.5) is 0 Å². The molecule has 0 fully saturated rings. The lowest BCUT2D eigenvalue weighted by Gasteiger charge is -2.02. The highest BCUT2D eigenvalue weighted by Gasteiger charge is 2.10. The van der Waals surface area contributed by atoms with Crippen molar-refractivity contribution in [3.05, 3.63) is 29.2 Å². The van der Waals surface area contributed by atoms with Gasteiger partial charge in [-0.25, -0.2) is 9.78 Å². The maximum atomic E-state index is 10.8. The second-order valence-corrected chi connectivity index (χ2v) is 4.49. The first-order chi connectivity index (χ1) is 9.08. The number of carboxylic acid groups (broad SMARTS) is 1. The van der Waals surface area contributed by atoms with Crippen molar-refractivity contribution in [2.24, 2.45) is 0 Å². The number of pyridine rings is 1. The summed E-state index contributed by atoms with van der Waals surface area (Å²) < 4.78 is 4.86. The maximum Gasteiger partial charge on any atom is 0.335 e. The molecule has 98 valence electrons. The van der Waals surface area contributed by atoms with Crippen LogP contribution < -0.4 is 4.74 Å². The lowest BCUT2D eigenvalue weighted by molar-refractivity contribution is 0.0696. The van der Waals surface area contributed by atoms with Gasteiger partial charge in [-0.05, 0) is 35.5 Å². The Morgan fingerprint density at radius 1 is 1.42 bits per heavy atom. The minimum atomic E-state index is -1.03. The van der Waals surface area contributed by atoms with E-state index in [9.17, 15) is 4.79 Å². The lowest BCUT2D eigenvalue weighted by atomic mass is 10.3. The van der Waals surface area contributed by atoms with Crippen LogP contribution in [0, 0.1) is 0 Å². The van der Waals surface area contributed by atoms with Crippen LogP contribution in [0.15, 0.2) is 28.5 Å². The van der Waals surface area contributed by atoms with Crippen molar-refractivity contribution in [3.8, 4) is 6.01 Å². The number of hydrogen-bond acceptors (Lipinski definition) is 7. The predicted molar refractivity (Wildman–Crippen MR) is 66.7 cm³/mol. The third-order valence-corrected chi connectivity index (χ3v) is 2.89. The number of halogens is 1. The van der Waals surface area contributed by atoms with E-state index in [4.69, 9.17) is 21.4 Å². The molecule has 1 N–H and O–H groups in total. The Bertz CT molecular complexity index is 625. The van der Waals surface area contributed by atoms with Crippen LogP contribution in [0.3, 0.4) is 0 Å². The van der Waals surface area contributed by atoms with Gasteiger partial charge in [0.05, 0.1) is 12.7 Å². The molecule has 0 spiro atoms. The summed E-state index contributed by atoms with van der Waals surface area (Å²) >= 11 is 6.77. The quantitative estimate of drug-likeness (QED) is 0.912. The first-order valence-corrected chi connectivity index (χ1v) is 6.10. The second-order valence-electron chi connectivity index (χ2n) is 3.16. The molecule has 0 saturated heterocycles. The van der Waals surface area contributed by atoms with Crippen LogP contribution in [-0.4, -0.2) is 38.1 Å². The molecule has 0 radical (unpaired) electrons. The van der Waals surface area contributed by atoms with Crippen molar-refractivity contribution >= 4 is 29.3 Å². The molecule has 0 unspecified atom stereocenters. The van der Waals surface area contributed by atoms with E-state index in [1.165, 1.54) is 25.4 Å². The zero-order valence-electron chi connectivity index (χ0n) is 9.57. The van der Waals surface area contributed by atoms with Crippen LogP contribution in [0.5, 0.6) is 6.01 Å². The minimum absolute atomic E-state index is 0.0104. The molecule has 0 aliphatic heterocycles. The number of carbonyl (C=O) groups is 1. The standard InChI is InChI=1S/C10H7ClN4O3S/c1-18-9-13-8(11)14-10(15-9)19-6-4-5(7(16)17)2-3-12-6/h2-4H,1H3,(H,16,17). The fourth-order valence-electron chi connectivity index (χ4n) is 1.14. The summed E-state index contributed by atoms with van der Waals surface area (Å²) in [4.78, 5) is 26.5. The van der Waals surface area contributed by atoms with E-state index < -0.39 is 5.97 Å². The third-order valence-electron chi connectivity index (χ3n) is 1.93. The van der Waals surface area contributed by atoms with Gasteiger partial charge in [0.1, 0.15) is 5.03 Å². The number of aromatic carboxylic acids is 1. The van der Waals surface area contributed by atoms with Gasteiger partial charge >= 0.3 is 12.0 Å². The Labute approximate surface area is 117 Å². The molecule has 0 aromatic carbocycles. The SMILES string of the molecule is COc1nc(Cl)nc(Sc2cc(C(=O)O)ccn2)n1.